The number of halogens is 5. The fraction of sp³-hybridized carbons (Fsp3) is 0.391. The zero-order valence-corrected chi connectivity index (χ0v) is 17.5. The van der Waals surface area contributed by atoms with Crippen LogP contribution in [-0.2, 0) is 10.7 Å². The minimum absolute atomic E-state index is 0.0801. The van der Waals surface area contributed by atoms with Crippen molar-refractivity contribution in [3.05, 3.63) is 64.5 Å². The number of hydrogen-bond donors (Lipinski definition) is 2. The van der Waals surface area contributed by atoms with Crippen molar-refractivity contribution in [1.82, 2.24) is 4.90 Å². The molecule has 2 fully saturated rings. The third-order valence-corrected chi connectivity index (χ3v) is 6.25. The lowest BCUT2D eigenvalue weighted by Crippen LogP contribution is -2.53. The van der Waals surface area contributed by atoms with E-state index in [9.17, 15) is 27.9 Å². The van der Waals surface area contributed by atoms with Crippen molar-refractivity contribution in [3.8, 4) is 0 Å². The van der Waals surface area contributed by atoms with E-state index >= 15 is 8.78 Å². The highest BCUT2D eigenvalue weighted by Crippen LogP contribution is 2.41. The Bertz CT molecular complexity index is 1090. The number of carbonyl (C=O) groups is 2. The molecule has 2 saturated heterocycles. The largest absolute Gasteiger partial charge is 0.393 e. The van der Waals surface area contributed by atoms with Gasteiger partial charge in [0.05, 0.1) is 11.7 Å². The van der Waals surface area contributed by atoms with Crippen molar-refractivity contribution in [2.45, 2.75) is 56.7 Å². The molecule has 2 aliphatic heterocycles. The zero-order valence-electron chi connectivity index (χ0n) is 17.5. The summed E-state index contributed by atoms with van der Waals surface area (Å²) in [6.45, 7) is 1.28. The topological polar surface area (TPSA) is 69.6 Å². The molecule has 176 valence electrons. The van der Waals surface area contributed by atoms with Gasteiger partial charge in [0.25, 0.3) is 11.8 Å². The van der Waals surface area contributed by atoms with Crippen molar-refractivity contribution in [2.24, 2.45) is 0 Å². The third kappa shape index (κ3) is 4.19. The van der Waals surface area contributed by atoms with Crippen LogP contribution in [0, 0.1) is 24.4 Å². The van der Waals surface area contributed by atoms with Gasteiger partial charge >= 0.3 is 5.92 Å². The lowest BCUT2D eigenvalue weighted by atomic mass is 9.96. The Morgan fingerprint density at radius 2 is 1.67 bits per heavy atom. The molecule has 2 amide bonds. The minimum atomic E-state index is -4.25. The molecule has 2 N–H and O–H groups in total. The summed E-state index contributed by atoms with van der Waals surface area (Å²) in [5.74, 6) is -10.4. The molecule has 0 aliphatic carbocycles. The molecule has 2 heterocycles. The van der Waals surface area contributed by atoms with E-state index < -0.39 is 64.5 Å². The summed E-state index contributed by atoms with van der Waals surface area (Å²) < 4.78 is 71.8. The predicted octanol–water partition coefficient (Wildman–Crippen LogP) is 4.27. The van der Waals surface area contributed by atoms with Gasteiger partial charge in [0, 0.05) is 29.4 Å². The first-order valence-electron chi connectivity index (χ1n) is 10.4. The van der Waals surface area contributed by atoms with E-state index in [2.05, 4.69) is 5.32 Å². The third-order valence-electron chi connectivity index (χ3n) is 6.25. The summed E-state index contributed by atoms with van der Waals surface area (Å²) in [6, 6.07) is 2.95. The lowest BCUT2D eigenvalue weighted by Gasteiger charge is -2.39. The molecule has 1 unspecified atom stereocenters. The fourth-order valence-corrected chi connectivity index (χ4v) is 4.67. The van der Waals surface area contributed by atoms with E-state index in [0.29, 0.717) is 25.0 Å². The molecule has 5 nitrogen and oxygen atoms in total. The second-order valence-corrected chi connectivity index (χ2v) is 8.53. The number of aliphatic hydroxyl groups is 1. The molecule has 2 bridgehead atoms. The highest BCUT2D eigenvalue weighted by Gasteiger charge is 2.53. The number of rotatable bonds is 4. The van der Waals surface area contributed by atoms with Crippen LogP contribution in [0.15, 0.2) is 30.3 Å². The first-order chi connectivity index (χ1) is 15.5. The smallest absolute Gasteiger partial charge is 0.352 e. The molecule has 2 aromatic rings. The maximum Gasteiger partial charge on any atom is 0.352 e. The Hall–Kier alpha value is -3.01. The standard InChI is InChI=1S/C23H21F5N2O3/c1-11-6-13(8-19(25)20(11)26)29-21(32)12-2-5-18(24)17(7-12)23(27,28)22(33)30-14-3-4-15(30)10-16(31)9-14/h2,5-8,14-16,31H,3-4,9-10H2,1H3,(H,29,32)/t14-,15+,16?. The van der Waals surface area contributed by atoms with Crippen LogP contribution >= 0.6 is 0 Å². The van der Waals surface area contributed by atoms with Gasteiger partial charge in [-0.2, -0.15) is 8.78 Å². The van der Waals surface area contributed by atoms with Crippen molar-refractivity contribution >= 4 is 17.5 Å². The van der Waals surface area contributed by atoms with Crippen LogP contribution < -0.4 is 5.32 Å². The summed E-state index contributed by atoms with van der Waals surface area (Å²) in [4.78, 5) is 26.3. The Morgan fingerprint density at radius 1 is 1.03 bits per heavy atom. The molecule has 2 aliphatic rings. The molecule has 3 atom stereocenters. The van der Waals surface area contributed by atoms with E-state index in [1.54, 1.807) is 0 Å². The fourth-order valence-electron chi connectivity index (χ4n) is 4.67. The summed E-state index contributed by atoms with van der Waals surface area (Å²) in [6.07, 6.45) is 0.627. The second kappa shape index (κ2) is 8.40. The van der Waals surface area contributed by atoms with Crippen LogP contribution in [0.1, 0.15) is 47.2 Å². The van der Waals surface area contributed by atoms with E-state index in [1.165, 1.54) is 6.92 Å². The second-order valence-electron chi connectivity index (χ2n) is 8.53. The summed E-state index contributed by atoms with van der Waals surface area (Å²) in [5.41, 5.74) is -1.84. The van der Waals surface area contributed by atoms with Gasteiger partial charge in [-0.25, -0.2) is 13.2 Å². The molecule has 10 heteroatoms. The van der Waals surface area contributed by atoms with Gasteiger partial charge < -0.3 is 15.3 Å². The molecule has 0 spiro atoms. The summed E-state index contributed by atoms with van der Waals surface area (Å²) in [7, 11) is 0. The number of piperidine rings is 1. The summed E-state index contributed by atoms with van der Waals surface area (Å²) >= 11 is 0. The van der Waals surface area contributed by atoms with E-state index in [1.807, 2.05) is 0 Å². The van der Waals surface area contributed by atoms with E-state index in [0.717, 1.165) is 23.1 Å². The highest BCUT2D eigenvalue weighted by atomic mass is 19.3. The number of nitrogens with zero attached hydrogens (tertiary/aromatic N) is 1. The number of aliphatic hydroxyl groups excluding tert-OH is 1. The number of fused-ring (bicyclic) bond motifs is 2. The molecular weight excluding hydrogens is 447 g/mol. The number of carbonyl (C=O) groups excluding carboxylic acids is 2. The summed E-state index contributed by atoms with van der Waals surface area (Å²) in [5, 5.41) is 12.1. The van der Waals surface area contributed by atoms with Crippen molar-refractivity contribution in [2.75, 3.05) is 5.32 Å². The molecule has 2 aromatic carbocycles. The highest BCUT2D eigenvalue weighted by molar-refractivity contribution is 6.04. The van der Waals surface area contributed by atoms with Crippen molar-refractivity contribution in [3.63, 3.8) is 0 Å². The van der Waals surface area contributed by atoms with Gasteiger partial charge in [-0.3, -0.25) is 9.59 Å². The first-order valence-corrected chi connectivity index (χ1v) is 10.4. The maximum absolute atomic E-state index is 15.2. The number of alkyl halides is 2. The molecule has 33 heavy (non-hydrogen) atoms. The van der Waals surface area contributed by atoms with Gasteiger partial charge in [-0.1, -0.05) is 0 Å². The molecule has 4 rings (SSSR count). The SMILES string of the molecule is Cc1cc(NC(=O)c2ccc(F)c(C(F)(F)C(=O)N3[C@@H]4CC[C@H]3CC(O)C4)c2)cc(F)c1F. The Balaban J connectivity index is 1.60. The van der Waals surface area contributed by atoms with Gasteiger partial charge in [-0.15, -0.1) is 0 Å². The van der Waals surface area contributed by atoms with Crippen LogP contribution in [0.25, 0.3) is 0 Å². The van der Waals surface area contributed by atoms with Gasteiger partial charge in [0.1, 0.15) is 5.82 Å². The zero-order chi connectivity index (χ0) is 24.1. The number of anilines is 1. The van der Waals surface area contributed by atoms with E-state index in [4.69, 9.17) is 0 Å². The quantitative estimate of drug-likeness (QED) is 0.659. The Labute approximate surface area is 186 Å². The molecule has 0 saturated carbocycles. The van der Waals surface area contributed by atoms with Crippen molar-refractivity contribution < 1.29 is 36.6 Å². The van der Waals surface area contributed by atoms with Gasteiger partial charge in [0.2, 0.25) is 0 Å². The average Bonchev–Trinajstić information content (AvgIpc) is 3.02. The van der Waals surface area contributed by atoms with Gasteiger partial charge in [0.15, 0.2) is 11.6 Å². The Kier molecular flexibility index (Phi) is 5.90. The Morgan fingerprint density at radius 3 is 2.27 bits per heavy atom. The number of benzene rings is 2. The molecular formula is C23H21F5N2O3. The number of hydrogen-bond acceptors (Lipinski definition) is 3. The van der Waals surface area contributed by atoms with Gasteiger partial charge in [-0.05, 0) is 62.4 Å². The van der Waals surface area contributed by atoms with Crippen LogP contribution in [0.4, 0.5) is 27.6 Å². The maximum atomic E-state index is 15.2. The average molecular weight is 468 g/mol. The predicted molar refractivity (Wildman–Crippen MR) is 108 cm³/mol. The number of amides is 2. The molecule has 0 aromatic heterocycles. The number of aryl methyl sites for hydroxylation is 1. The first kappa shape index (κ1) is 23.2. The molecule has 0 radical (unpaired) electrons. The monoisotopic (exact) mass is 468 g/mol. The minimum Gasteiger partial charge on any atom is -0.393 e. The normalized spacial score (nSPS) is 22.4. The lowest BCUT2D eigenvalue weighted by molar-refractivity contribution is -0.166. The number of nitrogens with one attached hydrogen (secondary N) is 1. The van der Waals surface area contributed by atoms with Crippen LogP contribution in [-0.4, -0.2) is 40.0 Å². The van der Waals surface area contributed by atoms with Crippen LogP contribution in [0.2, 0.25) is 0 Å². The van der Waals surface area contributed by atoms with Crippen LogP contribution in [0.3, 0.4) is 0 Å². The van der Waals surface area contributed by atoms with Crippen LogP contribution in [0.5, 0.6) is 0 Å². The van der Waals surface area contributed by atoms with Crippen molar-refractivity contribution in [1.29, 1.82) is 0 Å². The van der Waals surface area contributed by atoms with E-state index in [-0.39, 0.29) is 24.1 Å².